The molecule has 0 aliphatic rings. The van der Waals surface area contributed by atoms with Gasteiger partial charge in [-0.2, -0.15) is 0 Å². The van der Waals surface area contributed by atoms with Crippen molar-refractivity contribution in [2.75, 3.05) is 0 Å². The average Bonchev–Trinajstić information content (AvgIpc) is 2.96. The molecule has 0 spiro atoms. The monoisotopic (exact) mass is 252 g/mol. The fraction of sp³-hybridized carbons (Fsp3) is 0.100. The van der Waals surface area contributed by atoms with E-state index in [0.29, 0.717) is 6.54 Å². The number of aromatic nitrogens is 1. The maximum absolute atomic E-state index is 11.6. The van der Waals surface area contributed by atoms with Crippen LogP contribution in [0.5, 0.6) is 0 Å². The summed E-state index contributed by atoms with van der Waals surface area (Å²) in [5.74, 6) is -1.54. The lowest BCUT2D eigenvalue weighted by Gasteiger charge is -1.99. The van der Waals surface area contributed by atoms with Crippen molar-refractivity contribution in [1.82, 2.24) is 10.3 Å². The number of thiazole rings is 1. The minimum Gasteiger partial charge on any atom is -0.476 e. The van der Waals surface area contributed by atoms with E-state index in [1.807, 2.05) is 0 Å². The van der Waals surface area contributed by atoms with Crippen LogP contribution in [0.4, 0.5) is 0 Å². The second kappa shape index (κ2) is 4.79. The minimum absolute atomic E-state index is 0.0986. The summed E-state index contributed by atoms with van der Waals surface area (Å²) in [5, 5.41) is 12.6. The Balaban J connectivity index is 1.97. The first-order chi connectivity index (χ1) is 8.16. The Bertz CT molecular complexity index is 532. The Morgan fingerprint density at radius 1 is 1.53 bits per heavy atom. The molecular formula is C10H8N2O4S. The van der Waals surface area contributed by atoms with Crippen LogP contribution in [-0.4, -0.2) is 22.0 Å². The standard InChI is InChI=1S/C10H8N2O4S/c13-8(11-3-6-1-2-16-4-6)7-5-17-9(12-7)10(14)15/h1-2,4-5H,3H2,(H,11,13)(H,14,15). The molecule has 2 N–H and O–H groups in total. The first-order valence-corrected chi connectivity index (χ1v) is 5.53. The molecule has 2 heterocycles. The molecule has 17 heavy (non-hydrogen) atoms. The SMILES string of the molecule is O=C(NCc1ccoc1)c1csc(C(=O)O)n1. The summed E-state index contributed by atoms with van der Waals surface area (Å²) in [6.07, 6.45) is 3.02. The van der Waals surface area contributed by atoms with Crippen molar-refractivity contribution in [3.63, 3.8) is 0 Å². The Labute approximate surface area is 99.9 Å². The van der Waals surface area contributed by atoms with Gasteiger partial charge in [-0.25, -0.2) is 9.78 Å². The van der Waals surface area contributed by atoms with Gasteiger partial charge < -0.3 is 14.8 Å². The number of carboxylic acid groups (broad SMARTS) is 1. The van der Waals surface area contributed by atoms with Crippen molar-refractivity contribution in [3.8, 4) is 0 Å². The van der Waals surface area contributed by atoms with E-state index in [1.54, 1.807) is 6.07 Å². The van der Waals surface area contributed by atoms with Crippen LogP contribution in [-0.2, 0) is 6.54 Å². The second-order valence-corrected chi connectivity index (χ2v) is 4.02. The molecular weight excluding hydrogens is 244 g/mol. The van der Waals surface area contributed by atoms with Gasteiger partial charge >= 0.3 is 5.97 Å². The molecule has 0 atom stereocenters. The minimum atomic E-state index is -1.14. The van der Waals surface area contributed by atoms with E-state index in [2.05, 4.69) is 10.3 Å². The van der Waals surface area contributed by atoms with Crippen LogP contribution in [0, 0.1) is 0 Å². The van der Waals surface area contributed by atoms with E-state index in [1.165, 1.54) is 17.9 Å². The normalized spacial score (nSPS) is 10.1. The maximum Gasteiger partial charge on any atom is 0.365 e. The predicted octanol–water partition coefficient (Wildman–Crippen LogP) is 1.36. The van der Waals surface area contributed by atoms with Gasteiger partial charge in [-0.05, 0) is 6.07 Å². The highest BCUT2D eigenvalue weighted by molar-refractivity contribution is 7.11. The summed E-state index contributed by atoms with van der Waals surface area (Å²) in [7, 11) is 0. The third-order valence-electron chi connectivity index (χ3n) is 1.95. The van der Waals surface area contributed by atoms with Crippen LogP contribution in [0.15, 0.2) is 28.4 Å². The maximum atomic E-state index is 11.6. The second-order valence-electron chi connectivity index (χ2n) is 3.16. The topological polar surface area (TPSA) is 92.4 Å². The molecule has 0 saturated carbocycles. The Kier molecular flexibility index (Phi) is 3.20. The lowest BCUT2D eigenvalue weighted by molar-refractivity contribution is 0.0696. The van der Waals surface area contributed by atoms with Gasteiger partial charge in [-0.15, -0.1) is 11.3 Å². The van der Waals surface area contributed by atoms with Crippen LogP contribution in [0.1, 0.15) is 25.9 Å². The summed E-state index contributed by atoms with van der Waals surface area (Å²) < 4.78 is 4.85. The Hall–Kier alpha value is -2.15. The smallest absolute Gasteiger partial charge is 0.365 e. The number of amides is 1. The quantitative estimate of drug-likeness (QED) is 0.857. The number of carbonyl (C=O) groups is 2. The molecule has 0 radical (unpaired) electrons. The van der Waals surface area contributed by atoms with E-state index in [4.69, 9.17) is 9.52 Å². The van der Waals surface area contributed by atoms with Gasteiger partial charge in [-0.3, -0.25) is 4.79 Å². The highest BCUT2D eigenvalue weighted by Crippen LogP contribution is 2.09. The molecule has 0 aromatic carbocycles. The van der Waals surface area contributed by atoms with Gasteiger partial charge in [0.05, 0.1) is 12.5 Å². The Morgan fingerprint density at radius 3 is 2.94 bits per heavy atom. The molecule has 2 aromatic rings. The largest absolute Gasteiger partial charge is 0.476 e. The first kappa shape index (κ1) is 11.3. The van der Waals surface area contributed by atoms with Gasteiger partial charge in [0.1, 0.15) is 5.69 Å². The van der Waals surface area contributed by atoms with Crippen LogP contribution < -0.4 is 5.32 Å². The van der Waals surface area contributed by atoms with Crippen LogP contribution >= 0.6 is 11.3 Å². The summed E-state index contributed by atoms with van der Waals surface area (Å²) in [6.45, 7) is 0.315. The van der Waals surface area contributed by atoms with Gasteiger partial charge in [0.15, 0.2) is 0 Å². The molecule has 2 rings (SSSR count). The van der Waals surface area contributed by atoms with E-state index >= 15 is 0 Å². The number of nitrogens with one attached hydrogen (secondary N) is 1. The van der Waals surface area contributed by atoms with Crippen molar-refractivity contribution < 1.29 is 19.1 Å². The van der Waals surface area contributed by atoms with Crippen molar-refractivity contribution in [2.24, 2.45) is 0 Å². The van der Waals surface area contributed by atoms with Gasteiger partial charge in [-0.1, -0.05) is 0 Å². The molecule has 0 bridgehead atoms. The zero-order chi connectivity index (χ0) is 12.3. The molecule has 0 saturated heterocycles. The number of hydrogen-bond donors (Lipinski definition) is 2. The number of aromatic carboxylic acids is 1. The third kappa shape index (κ3) is 2.70. The van der Waals surface area contributed by atoms with Crippen LogP contribution in [0.25, 0.3) is 0 Å². The molecule has 88 valence electrons. The predicted molar refractivity (Wildman–Crippen MR) is 59.0 cm³/mol. The number of carbonyl (C=O) groups excluding carboxylic acids is 1. The molecule has 0 aliphatic carbocycles. The van der Waals surface area contributed by atoms with E-state index in [0.717, 1.165) is 16.9 Å². The van der Waals surface area contributed by atoms with Crippen LogP contribution in [0.2, 0.25) is 0 Å². The molecule has 0 fully saturated rings. The van der Waals surface area contributed by atoms with Crippen LogP contribution in [0.3, 0.4) is 0 Å². The van der Waals surface area contributed by atoms with E-state index < -0.39 is 11.9 Å². The number of hydrogen-bond acceptors (Lipinski definition) is 5. The summed E-state index contributed by atoms with van der Waals surface area (Å²) >= 11 is 0.919. The zero-order valence-electron chi connectivity index (χ0n) is 8.54. The number of nitrogens with zero attached hydrogens (tertiary/aromatic N) is 1. The number of carboxylic acids is 1. The number of furan rings is 1. The van der Waals surface area contributed by atoms with Gasteiger partial charge in [0.25, 0.3) is 5.91 Å². The van der Waals surface area contributed by atoms with Crippen molar-refractivity contribution >= 4 is 23.2 Å². The molecule has 0 unspecified atom stereocenters. The lowest BCUT2D eigenvalue weighted by atomic mass is 10.3. The number of rotatable bonds is 4. The van der Waals surface area contributed by atoms with E-state index in [-0.39, 0.29) is 10.7 Å². The summed E-state index contributed by atoms with van der Waals surface area (Å²) in [4.78, 5) is 25.9. The van der Waals surface area contributed by atoms with Crippen molar-refractivity contribution in [3.05, 3.63) is 40.2 Å². The highest BCUT2D eigenvalue weighted by atomic mass is 32.1. The lowest BCUT2D eigenvalue weighted by Crippen LogP contribution is -2.23. The molecule has 0 aliphatic heterocycles. The highest BCUT2D eigenvalue weighted by Gasteiger charge is 2.14. The molecule has 6 nitrogen and oxygen atoms in total. The molecule has 7 heteroatoms. The zero-order valence-corrected chi connectivity index (χ0v) is 9.36. The van der Waals surface area contributed by atoms with Crippen molar-refractivity contribution in [1.29, 1.82) is 0 Å². The fourth-order valence-electron chi connectivity index (χ4n) is 1.14. The fourth-order valence-corrected chi connectivity index (χ4v) is 1.78. The molecule has 1 amide bonds. The summed E-state index contributed by atoms with van der Waals surface area (Å²) in [5.41, 5.74) is 0.933. The average molecular weight is 252 g/mol. The molecule has 2 aromatic heterocycles. The third-order valence-corrected chi connectivity index (χ3v) is 2.78. The first-order valence-electron chi connectivity index (χ1n) is 4.65. The van der Waals surface area contributed by atoms with Gasteiger partial charge in [0.2, 0.25) is 5.01 Å². The Morgan fingerprint density at radius 2 is 2.35 bits per heavy atom. The van der Waals surface area contributed by atoms with Crippen molar-refractivity contribution in [2.45, 2.75) is 6.54 Å². The van der Waals surface area contributed by atoms with E-state index in [9.17, 15) is 9.59 Å². The van der Waals surface area contributed by atoms with Gasteiger partial charge in [0, 0.05) is 17.5 Å². The summed E-state index contributed by atoms with van der Waals surface area (Å²) in [6, 6.07) is 1.73.